The highest BCUT2D eigenvalue weighted by atomic mass is 16.3. The van der Waals surface area contributed by atoms with Crippen molar-refractivity contribution in [2.45, 2.75) is 57.3 Å². The summed E-state index contributed by atoms with van der Waals surface area (Å²) in [4.78, 5) is 2.45. The van der Waals surface area contributed by atoms with Crippen LogP contribution in [-0.4, -0.2) is 0 Å². The van der Waals surface area contributed by atoms with Crippen LogP contribution in [-0.2, 0) is 5.41 Å². The number of benzene rings is 7. The van der Waals surface area contributed by atoms with E-state index in [4.69, 9.17) is 4.42 Å². The standard InChI is InChI=1S/C47H39NO/c1-47(2)40-28-32-18-10-9-17-31(32)27-39(40)44-36-22-12-11-21-35(36)43(29-41(44)47)48(33-19-7-4-8-20-33)42-26-14-25-38-37-24-13-23-34(45(37)49-46(38)42)30-15-5-3-6-16-30/h4,7-14,17-30H,3,5-6,15-16H2,1-2H3. The summed E-state index contributed by atoms with van der Waals surface area (Å²) >= 11 is 0. The SMILES string of the molecule is CC1(C)c2cc3ccccc3cc2-c2c1cc(N(c1ccccc1)c1cccc3c1oc1c(C4CCCCC4)cccc13)c1ccccc21. The van der Waals surface area contributed by atoms with Crippen molar-refractivity contribution in [2.75, 3.05) is 4.90 Å². The predicted molar refractivity (Wildman–Crippen MR) is 207 cm³/mol. The summed E-state index contributed by atoms with van der Waals surface area (Å²) in [6, 6.07) is 49.4. The van der Waals surface area contributed by atoms with Gasteiger partial charge < -0.3 is 9.32 Å². The molecule has 0 radical (unpaired) electrons. The molecular formula is C47H39NO. The normalized spacial score (nSPS) is 15.6. The number of anilines is 3. The number of nitrogens with zero attached hydrogens (tertiary/aromatic N) is 1. The van der Waals surface area contributed by atoms with Crippen molar-refractivity contribution < 1.29 is 4.42 Å². The molecule has 0 saturated heterocycles. The summed E-state index contributed by atoms with van der Waals surface area (Å²) in [7, 11) is 0. The topological polar surface area (TPSA) is 16.4 Å². The lowest BCUT2D eigenvalue weighted by Crippen LogP contribution is -2.17. The van der Waals surface area contributed by atoms with Crippen LogP contribution in [0.4, 0.5) is 17.1 Å². The van der Waals surface area contributed by atoms with E-state index in [0.717, 1.165) is 22.5 Å². The van der Waals surface area contributed by atoms with Gasteiger partial charge >= 0.3 is 0 Å². The molecule has 0 bridgehead atoms. The molecule has 7 aromatic carbocycles. The first-order valence-electron chi connectivity index (χ1n) is 18.0. The monoisotopic (exact) mass is 633 g/mol. The summed E-state index contributed by atoms with van der Waals surface area (Å²) < 4.78 is 7.09. The average Bonchev–Trinajstić information content (AvgIpc) is 3.64. The van der Waals surface area contributed by atoms with Gasteiger partial charge in [0.05, 0.1) is 11.4 Å². The minimum absolute atomic E-state index is 0.171. The fourth-order valence-corrected chi connectivity index (χ4v) is 9.16. The average molecular weight is 634 g/mol. The second kappa shape index (κ2) is 10.8. The van der Waals surface area contributed by atoms with Crippen LogP contribution < -0.4 is 4.90 Å². The third kappa shape index (κ3) is 4.26. The zero-order valence-electron chi connectivity index (χ0n) is 28.2. The molecule has 10 rings (SSSR count). The minimum Gasteiger partial charge on any atom is -0.454 e. The third-order valence-corrected chi connectivity index (χ3v) is 11.6. The third-order valence-electron chi connectivity index (χ3n) is 11.6. The van der Waals surface area contributed by atoms with Gasteiger partial charge in [-0.05, 0) is 99.1 Å². The fourth-order valence-electron chi connectivity index (χ4n) is 9.16. The Bertz CT molecular complexity index is 2570. The lowest BCUT2D eigenvalue weighted by molar-refractivity contribution is 0.442. The van der Waals surface area contributed by atoms with Crippen molar-refractivity contribution in [1.29, 1.82) is 0 Å². The number of hydrogen-bond acceptors (Lipinski definition) is 2. The van der Waals surface area contributed by atoms with Gasteiger partial charge in [0.15, 0.2) is 5.58 Å². The van der Waals surface area contributed by atoms with Crippen molar-refractivity contribution in [3.05, 3.63) is 150 Å². The molecule has 1 heterocycles. The maximum Gasteiger partial charge on any atom is 0.159 e. The zero-order valence-corrected chi connectivity index (χ0v) is 28.2. The highest BCUT2D eigenvalue weighted by molar-refractivity contribution is 6.15. The highest BCUT2D eigenvalue weighted by Crippen LogP contribution is 2.56. The second-order valence-corrected chi connectivity index (χ2v) is 14.7. The van der Waals surface area contributed by atoms with Crippen LogP contribution in [0.25, 0.3) is 54.6 Å². The lowest BCUT2D eigenvalue weighted by atomic mass is 9.81. The number of rotatable bonds is 4. The molecule has 2 aliphatic rings. The van der Waals surface area contributed by atoms with Crippen molar-refractivity contribution in [2.24, 2.45) is 0 Å². The van der Waals surface area contributed by atoms with Gasteiger partial charge in [0.25, 0.3) is 0 Å². The van der Waals surface area contributed by atoms with E-state index in [1.165, 1.54) is 97.9 Å². The molecule has 0 atom stereocenters. The van der Waals surface area contributed by atoms with E-state index in [9.17, 15) is 0 Å². The van der Waals surface area contributed by atoms with Gasteiger partial charge in [-0.3, -0.25) is 0 Å². The molecule has 1 fully saturated rings. The number of para-hydroxylation sites is 3. The molecular weight excluding hydrogens is 595 g/mol. The Morgan fingerprint density at radius 1 is 0.551 bits per heavy atom. The molecule has 8 aromatic rings. The van der Waals surface area contributed by atoms with Gasteiger partial charge in [-0.2, -0.15) is 0 Å². The summed E-state index contributed by atoms with van der Waals surface area (Å²) in [5, 5.41) is 7.49. The lowest BCUT2D eigenvalue weighted by Gasteiger charge is -2.29. The first kappa shape index (κ1) is 28.7. The first-order valence-corrected chi connectivity index (χ1v) is 18.0. The molecule has 2 nitrogen and oxygen atoms in total. The van der Waals surface area contributed by atoms with Crippen LogP contribution in [0.15, 0.2) is 138 Å². The summed E-state index contributed by atoms with van der Waals surface area (Å²) in [5.74, 6) is 0.563. The fraction of sp³-hybridized carbons (Fsp3) is 0.191. The van der Waals surface area contributed by atoms with E-state index in [2.05, 4.69) is 152 Å². The summed E-state index contributed by atoms with van der Waals surface area (Å²) in [6.45, 7) is 4.79. The Morgan fingerprint density at radius 3 is 2.00 bits per heavy atom. The first-order chi connectivity index (χ1) is 24.1. The van der Waals surface area contributed by atoms with E-state index in [1.807, 2.05) is 0 Å². The van der Waals surface area contributed by atoms with Gasteiger partial charge in [-0.15, -0.1) is 0 Å². The maximum atomic E-state index is 7.09. The Balaban J connectivity index is 1.26. The van der Waals surface area contributed by atoms with Gasteiger partial charge in [-0.1, -0.05) is 130 Å². The van der Waals surface area contributed by atoms with Crippen molar-refractivity contribution >= 4 is 60.5 Å². The van der Waals surface area contributed by atoms with E-state index < -0.39 is 0 Å². The number of furan rings is 1. The summed E-state index contributed by atoms with van der Waals surface area (Å²) in [5.41, 5.74) is 12.0. The molecule has 49 heavy (non-hydrogen) atoms. The number of hydrogen-bond donors (Lipinski definition) is 0. The van der Waals surface area contributed by atoms with Crippen LogP contribution >= 0.6 is 0 Å². The quantitative estimate of drug-likeness (QED) is 0.192. The molecule has 1 saturated carbocycles. The van der Waals surface area contributed by atoms with Crippen molar-refractivity contribution in [3.8, 4) is 11.1 Å². The van der Waals surface area contributed by atoms with Crippen LogP contribution in [0.5, 0.6) is 0 Å². The van der Waals surface area contributed by atoms with Gasteiger partial charge in [-0.25, -0.2) is 0 Å². The van der Waals surface area contributed by atoms with Gasteiger partial charge in [0.1, 0.15) is 5.58 Å². The Kier molecular flexibility index (Phi) is 6.34. The summed E-state index contributed by atoms with van der Waals surface area (Å²) in [6.07, 6.45) is 6.43. The van der Waals surface area contributed by atoms with Gasteiger partial charge in [0, 0.05) is 27.3 Å². The minimum atomic E-state index is -0.171. The van der Waals surface area contributed by atoms with Gasteiger partial charge in [0.2, 0.25) is 0 Å². The van der Waals surface area contributed by atoms with E-state index in [-0.39, 0.29) is 5.41 Å². The van der Waals surface area contributed by atoms with E-state index in [0.29, 0.717) is 5.92 Å². The van der Waals surface area contributed by atoms with E-state index in [1.54, 1.807) is 0 Å². The molecule has 0 aliphatic heterocycles. The molecule has 0 spiro atoms. The smallest absolute Gasteiger partial charge is 0.159 e. The predicted octanol–water partition coefficient (Wildman–Crippen LogP) is 13.7. The highest BCUT2D eigenvalue weighted by Gasteiger charge is 2.38. The molecule has 0 N–H and O–H groups in total. The van der Waals surface area contributed by atoms with E-state index >= 15 is 0 Å². The van der Waals surface area contributed by atoms with Crippen LogP contribution in [0.3, 0.4) is 0 Å². The van der Waals surface area contributed by atoms with Crippen LogP contribution in [0.2, 0.25) is 0 Å². The van der Waals surface area contributed by atoms with Crippen molar-refractivity contribution in [1.82, 2.24) is 0 Å². The molecule has 238 valence electrons. The Hall–Kier alpha value is -5.34. The molecule has 2 heteroatoms. The largest absolute Gasteiger partial charge is 0.454 e. The molecule has 0 amide bonds. The van der Waals surface area contributed by atoms with Crippen LogP contribution in [0.1, 0.15) is 68.6 Å². The molecule has 2 aliphatic carbocycles. The number of fused-ring (bicyclic) bond motifs is 9. The zero-order chi connectivity index (χ0) is 32.7. The Labute approximate surface area is 287 Å². The molecule has 1 aromatic heterocycles. The second-order valence-electron chi connectivity index (χ2n) is 14.7. The maximum absolute atomic E-state index is 7.09. The Morgan fingerprint density at radius 2 is 1.20 bits per heavy atom. The van der Waals surface area contributed by atoms with Crippen molar-refractivity contribution in [3.63, 3.8) is 0 Å². The molecule has 0 unspecified atom stereocenters. The van der Waals surface area contributed by atoms with Crippen LogP contribution in [0, 0.1) is 0 Å².